The summed E-state index contributed by atoms with van der Waals surface area (Å²) in [7, 11) is 1.81. The van der Waals surface area contributed by atoms with Crippen LogP contribution in [0.1, 0.15) is 38.0 Å². The van der Waals surface area contributed by atoms with Gasteiger partial charge in [-0.2, -0.15) is 5.10 Å². The predicted octanol–water partition coefficient (Wildman–Crippen LogP) is 4.54. The lowest BCUT2D eigenvalue weighted by atomic mass is 9.87. The summed E-state index contributed by atoms with van der Waals surface area (Å²) in [5, 5.41) is 24.4. The number of rotatable bonds is 6. The van der Waals surface area contributed by atoms with E-state index in [0.29, 0.717) is 17.7 Å². The van der Waals surface area contributed by atoms with Gasteiger partial charge in [0.25, 0.3) is 11.8 Å². The second kappa shape index (κ2) is 11.1. The van der Waals surface area contributed by atoms with Crippen LogP contribution in [0.4, 0.5) is 10.1 Å². The lowest BCUT2D eigenvalue weighted by Crippen LogP contribution is -2.45. The largest absolute Gasteiger partial charge is 0.478 e. The fourth-order valence-electron chi connectivity index (χ4n) is 5.17. The molecule has 0 saturated carbocycles. The van der Waals surface area contributed by atoms with Crippen molar-refractivity contribution in [3.63, 3.8) is 0 Å². The van der Waals surface area contributed by atoms with Gasteiger partial charge in [-0.1, -0.05) is 41.1 Å². The van der Waals surface area contributed by atoms with Crippen molar-refractivity contribution in [3.8, 4) is 16.9 Å². The number of hydrogen-bond donors (Lipinski definition) is 2. The fraction of sp³-hybridized carbons (Fsp3) is 0.133. The molecule has 0 radical (unpaired) electrons. The highest BCUT2D eigenvalue weighted by atomic mass is 35.5. The molecule has 0 spiro atoms. The summed E-state index contributed by atoms with van der Waals surface area (Å²) in [6.45, 7) is 0.171. The van der Waals surface area contributed by atoms with Crippen LogP contribution < -0.4 is 5.32 Å². The number of halogens is 2. The Morgan fingerprint density at radius 2 is 1.81 bits per heavy atom. The van der Waals surface area contributed by atoms with Crippen molar-refractivity contribution in [1.29, 1.82) is 0 Å². The van der Waals surface area contributed by atoms with Crippen LogP contribution in [-0.4, -0.2) is 59.1 Å². The molecule has 3 heterocycles. The van der Waals surface area contributed by atoms with Crippen molar-refractivity contribution < 1.29 is 23.9 Å². The van der Waals surface area contributed by atoms with Crippen LogP contribution in [0.3, 0.4) is 0 Å². The van der Waals surface area contributed by atoms with Crippen molar-refractivity contribution in [2.45, 2.75) is 12.5 Å². The number of aromatic nitrogens is 5. The van der Waals surface area contributed by atoms with Gasteiger partial charge in [-0.05, 0) is 60.0 Å². The average molecular weight is 600 g/mol. The first-order chi connectivity index (χ1) is 20.7. The van der Waals surface area contributed by atoms with E-state index in [9.17, 15) is 23.9 Å². The number of nitrogens with one attached hydrogen (secondary N) is 1. The zero-order chi connectivity index (χ0) is 30.2. The van der Waals surface area contributed by atoms with Crippen LogP contribution in [-0.2, 0) is 18.3 Å². The third-order valence-electron chi connectivity index (χ3n) is 7.21. The predicted molar refractivity (Wildman–Crippen MR) is 154 cm³/mol. The Balaban J connectivity index is 1.38. The van der Waals surface area contributed by atoms with Crippen LogP contribution in [0, 0.1) is 5.82 Å². The number of carbonyl (C=O) groups is 3. The Labute approximate surface area is 249 Å². The van der Waals surface area contributed by atoms with Gasteiger partial charge in [-0.15, -0.1) is 5.10 Å². The van der Waals surface area contributed by atoms with E-state index in [2.05, 4.69) is 20.7 Å². The zero-order valence-corrected chi connectivity index (χ0v) is 23.4. The molecule has 0 saturated heterocycles. The molecule has 1 aliphatic rings. The van der Waals surface area contributed by atoms with E-state index in [0.717, 1.165) is 21.5 Å². The minimum absolute atomic E-state index is 0.0159. The maximum absolute atomic E-state index is 14.6. The molecule has 13 heteroatoms. The number of carboxylic acid groups (broad SMARTS) is 1. The van der Waals surface area contributed by atoms with Gasteiger partial charge in [0.05, 0.1) is 22.5 Å². The molecule has 2 N–H and O–H groups in total. The summed E-state index contributed by atoms with van der Waals surface area (Å²) in [6, 6.07) is 16.4. The summed E-state index contributed by atoms with van der Waals surface area (Å²) in [6.07, 6.45) is 3.54. The van der Waals surface area contributed by atoms with Gasteiger partial charge < -0.3 is 15.3 Å². The molecular weight excluding hydrogens is 577 g/mol. The van der Waals surface area contributed by atoms with Crippen LogP contribution >= 0.6 is 11.6 Å². The minimum Gasteiger partial charge on any atom is -0.478 e. The first-order valence-electron chi connectivity index (χ1n) is 13.1. The number of benzene rings is 3. The van der Waals surface area contributed by atoms with E-state index >= 15 is 0 Å². The molecule has 3 aromatic carbocycles. The monoisotopic (exact) mass is 599 g/mol. The first-order valence-corrected chi connectivity index (χ1v) is 13.5. The molecule has 2 aromatic heterocycles. The molecular formula is C30H23ClFN7O4. The number of carbonyl (C=O) groups excluding carboxylic acids is 2. The highest BCUT2D eigenvalue weighted by molar-refractivity contribution is 6.30. The molecule has 1 unspecified atom stereocenters. The Bertz CT molecular complexity index is 1890. The lowest BCUT2D eigenvalue weighted by molar-refractivity contribution is -0.121. The summed E-state index contributed by atoms with van der Waals surface area (Å²) < 4.78 is 17.4. The van der Waals surface area contributed by atoms with Gasteiger partial charge >= 0.3 is 5.97 Å². The van der Waals surface area contributed by atoms with E-state index < -0.39 is 29.6 Å². The molecule has 0 bridgehead atoms. The van der Waals surface area contributed by atoms with Gasteiger partial charge in [-0.25, -0.2) is 13.9 Å². The van der Waals surface area contributed by atoms with Gasteiger partial charge in [-0.3, -0.25) is 14.3 Å². The molecule has 6 rings (SSSR count). The molecule has 2 amide bonds. The van der Waals surface area contributed by atoms with Gasteiger partial charge in [0, 0.05) is 31.0 Å². The first kappa shape index (κ1) is 27.8. The van der Waals surface area contributed by atoms with Gasteiger partial charge in [0.15, 0.2) is 11.5 Å². The number of nitrogens with zero attached hydrogens (tertiary/aromatic N) is 6. The van der Waals surface area contributed by atoms with Crippen LogP contribution in [0.15, 0.2) is 79.1 Å². The number of aromatic carboxylic acids is 1. The molecule has 43 heavy (non-hydrogen) atoms. The molecule has 1 atom stereocenters. The Morgan fingerprint density at radius 3 is 2.53 bits per heavy atom. The summed E-state index contributed by atoms with van der Waals surface area (Å²) in [5.41, 5.74) is 3.40. The highest BCUT2D eigenvalue weighted by Gasteiger charge is 2.38. The van der Waals surface area contributed by atoms with Crippen molar-refractivity contribution in [2.24, 2.45) is 7.05 Å². The van der Waals surface area contributed by atoms with E-state index in [4.69, 9.17) is 11.6 Å². The second-order valence-corrected chi connectivity index (χ2v) is 10.3. The quantitative estimate of drug-likeness (QED) is 0.293. The number of carboxylic acids is 1. The molecule has 11 nitrogen and oxygen atoms in total. The van der Waals surface area contributed by atoms with E-state index in [1.807, 2.05) is 25.4 Å². The van der Waals surface area contributed by atoms with E-state index in [1.165, 1.54) is 47.5 Å². The Morgan fingerprint density at radius 1 is 1.05 bits per heavy atom. The standard InChI is InChI=1S/C30H23ClFN7O4/c1-37-14-13-23(35-37)20-4-2-5-21-19(20)12-15-38(27(21)28(40)33-18-10-8-17(9-11-18)30(42)43)29(41)24-16-39(36-34-24)25-7-3-6-22(31)26(25)32/h2-11,13-14,16,27H,12,15H2,1H3,(H,33,40)(H,42,43). The van der Waals surface area contributed by atoms with Crippen LogP contribution in [0.5, 0.6) is 0 Å². The van der Waals surface area contributed by atoms with Crippen LogP contribution in [0.2, 0.25) is 5.02 Å². The van der Waals surface area contributed by atoms with E-state index in [1.54, 1.807) is 22.9 Å². The smallest absolute Gasteiger partial charge is 0.335 e. The maximum Gasteiger partial charge on any atom is 0.335 e. The zero-order valence-electron chi connectivity index (χ0n) is 22.6. The van der Waals surface area contributed by atoms with E-state index in [-0.39, 0.29) is 28.5 Å². The van der Waals surface area contributed by atoms with Crippen molar-refractivity contribution in [1.82, 2.24) is 29.7 Å². The molecule has 0 fully saturated rings. The minimum atomic E-state index is -1.09. The highest BCUT2D eigenvalue weighted by Crippen LogP contribution is 2.37. The summed E-state index contributed by atoms with van der Waals surface area (Å²) >= 11 is 5.91. The normalized spacial score (nSPS) is 14.3. The lowest BCUT2D eigenvalue weighted by Gasteiger charge is -2.36. The second-order valence-electron chi connectivity index (χ2n) is 9.89. The fourth-order valence-corrected chi connectivity index (χ4v) is 5.34. The number of fused-ring (bicyclic) bond motifs is 1. The van der Waals surface area contributed by atoms with Gasteiger partial charge in [0.2, 0.25) is 0 Å². The summed E-state index contributed by atoms with van der Waals surface area (Å²) in [5.74, 6) is -2.90. The third-order valence-corrected chi connectivity index (χ3v) is 7.50. The summed E-state index contributed by atoms with van der Waals surface area (Å²) in [4.78, 5) is 40.5. The Hall–Kier alpha value is -5.36. The number of amides is 2. The van der Waals surface area contributed by atoms with Crippen LogP contribution in [0.25, 0.3) is 16.9 Å². The maximum atomic E-state index is 14.6. The molecule has 216 valence electrons. The molecule has 5 aromatic rings. The topological polar surface area (TPSA) is 135 Å². The average Bonchev–Trinajstić information content (AvgIpc) is 3.67. The number of anilines is 1. The SMILES string of the molecule is Cn1ccc(-c2cccc3c2CCN(C(=O)c2cn(-c4cccc(Cl)c4F)nn2)C3C(=O)Nc2ccc(C(=O)O)cc2)n1. The number of aryl methyl sites for hydroxylation is 1. The van der Waals surface area contributed by atoms with Crippen molar-refractivity contribution in [3.05, 3.63) is 112 Å². The van der Waals surface area contributed by atoms with Crippen molar-refractivity contribution in [2.75, 3.05) is 11.9 Å². The Kier molecular flexibility index (Phi) is 7.20. The molecule has 0 aliphatic carbocycles. The number of hydrogen-bond acceptors (Lipinski definition) is 6. The van der Waals surface area contributed by atoms with Crippen molar-refractivity contribution >= 4 is 35.1 Å². The molecule has 1 aliphatic heterocycles. The van der Waals surface area contributed by atoms with Gasteiger partial charge in [0.1, 0.15) is 11.7 Å². The third kappa shape index (κ3) is 5.24.